The molecule has 1 N–H and O–H groups in total. The topological polar surface area (TPSA) is 89.3 Å². The van der Waals surface area contributed by atoms with Crippen molar-refractivity contribution in [2.75, 3.05) is 11.5 Å². The number of hydrogen-bond acceptors (Lipinski definition) is 4. The molecule has 1 saturated heterocycles. The fourth-order valence-electron chi connectivity index (χ4n) is 3.86. The van der Waals surface area contributed by atoms with Crippen molar-refractivity contribution in [1.82, 2.24) is 9.78 Å². The van der Waals surface area contributed by atoms with Crippen LogP contribution in [-0.2, 0) is 21.8 Å². The molecule has 0 amide bonds. The highest BCUT2D eigenvalue weighted by Crippen LogP contribution is 2.58. The Bertz CT molecular complexity index is 736. The van der Waals surface area contributed by atoms with Crippen molar-refractivity contribution >= 4 is 15.8 Å². The molecule has 108 valence electrons. The van der Waals surface area contributed by atoms with E-state index in [0.717, 1.165) is 24.1 Å². The van der Waals surface area contributed by atoms with Crippen molar-refractivity contribution < 1.29 is 18.3 Å². The first-order valence-corrected chi connectivity index (χ1v) is 8.69. The maximum absolute atomic E-state index is 11.8. The van der Waals surface area contributed by atoms with E-state index < -0.39 is 21.3 Å². The molecule has 0 aromatic carbocycles. The van der Waals surface area contributed by atoms with Crippen LogP contribution in [0, 0.1) is 5.92 Å². The summed E-state index contributed by atoms with van der Waals surface area (Å²) in [6.45, 7) is 1.88. The van der Waals surface area contributed by atoms with Crippen LogP contribution in [0.4, 0.5) is 0 Å². The first kappa shape index (κ1) is 12.4. The van der Waals surface area contributed by atoms with Gasteiger partial charge in [0, 0.05) is 17.2 Å². The van der Waals surface area contributed by atoms with Gasteiger partial charge in [0.25, 0.3) is 0 Å². The number of carboxylic acids is 1. The maximum atomic E-state index is 11.8. The summed E-state index contributed by atoms with van der Waals surface area (Å²) in [4.78, 5) is 11.3. The van der Waals surface area contributed by atoms with Crippen molar-refractivity contribution in [3.8, 4) is 0 Å². The molecule has 7 heteroatoms. The predicted molar refractivity (Wildman–Crippen MR) is 70.7 cm³/mol. The lowest BCUT2D eigenvalue weighted by Gasteiger charge is -2.25. The number of hydrogen-bond donors (Lipinski definition) is 1. The molecule has 2 aliphatic carbocycles. The highest BCUT2D eigenvalue weighted by atomic mass is 32.2. The standard InChI is InChI=1S/C13H16N2O4S/c1-13(2-3-20(18,19)6-13)15-11-8-4-7(8)5-9(11)10(14-15)12(16)17/h7-8H,2-6H2,1H3,(H,16,17)/t7-,8-,13+/m1/s1. The first-order valence-electron chi connectivity index (χ1n) is 6.87. The molecule has 0 spiro atoms. The van der Waals surface area contributed by atoms with Gasteiger partial charge >= 0.3 is 5.97 Å². The fourth-order valence-corrected chi connectivity index (χ4v) is 5.97. The van der Waals surface area contributed by atoms with Gasteiger partial charge in [-0.3, -0.25) is 4.68 Å². The summed E-state index contributed by atoms with van der Waals surface area (Å²) < 4.78 is 25.3. The molecule has 0 bridgehead atoms. The third-order valence-electron chi connectivity index (χ3n) is 4.96. The lowest BCUT2D eigenvalue weighted by molar-refractivity contribution is 0.0687. The number of rotatable bonds is 2. The monoisotopic (exact) mass is 296 g/mol. The van der Waals surface area contributed by atoms with E-state index in [1.54, 1.807) is 4.68 Å². The molecule has 1 aliphatic heterocycles. The number of carboxylic acid groups (broad SMARTS) is 1. The molecule has 3 aliphatic rings. The number of aromatic carboxylic acids is 1. The molecule has 20 heavy (non-hydrogen) atoms. The van der Waals surface area contributed by atoms with Crippen LogP contribution in [0.2, 0.25) is 0 Å². The Hall–Kier alpha value is -1.37. The lowest BCUT2D eigenvalue weighted by atomic mass is 10.0. The third-order valence-corrected chi connectivity index (χ3v) is 6.85. The van der Waals surface area contributed by atoms with Crippen molar-refractivity contribution in [3.05, 3.63) is 17.0 Å². The van der Waals surface area contributed by atoms with E-state index in [9.17, 15) is 18.3 Å². The highest BCUT2D eigenvalue weighted by molar-refractivity contribution is 7.91. The number of sulfone groups is 1. The Balaban J connectivity index is 1.87. The van der Waals surface area contributed by atoms with E-state index in [2.05, 4.69) is 5.10 Å². The molecule has 6 nitrogen and oxygen atoms in total. The average molecular weight is 296 g/mol. The second-order valence-corrected chi connectivity index (χ2v) is 8.76. The van der Waals surface area contributed by atoms with Crippen LogP contribution >= 0.6 is 0 Å². The quantitative estimate of drug-likeness (QED) is 0.871. The van der Waals surface area contributed by atoms with E-state index in [1.165, 1.54) is 0 Å². The van der Waals surface area contributed by atoms with Crippen LogP contribution in [0.1, 0.15) is 47.4 Å². The Morgan fingerprint density at radius 3 is 2.85 bits per heavy atom. The van der Waals surface area contributed by atoms with Crippen molar-refractivity contribution in [1.29, 1.82) is 0 Å². The molecule has 0 unspecified atom stereocenters. The lowest BCUT2D eigenvalue weighted by Crippen LogP contribution is -2.34. The molecule has 4 rings (SSSR count). The van der Waals surface area contributed by atoms with E-state index >= 15 is 0 Å². The van der Waals surface area contributed by atoms with E-state index in [4.69, 9.17) is 0 Å². The molecule has 2 heterocycles. The molecule has 1 saturated carbocycles. The minimum Gasteiger partial charge on any atom is -0.476 e. The van der Waals surface area contributed by atoms with Crippen LogP contribution in [0.15, 0.2) is 0 Å². The van der Waals surface area contributed by atoms with Crippen molar-refractivity contribution in [3.63, 3.8) is 0 Å². The van der Waals surface area contributed by atoms with Gasteiger partial charge in [-0.05, 0) is 32.1 Å². The zero-order valence-electron chi connectivity index (χ0n) is 11.2. The normalized spacial score (nSPS) is 36.6. The summed E-state index contributed by atoms with van der Waals surface area (Å²) >= 11 is 0. The van der Waals surface area contributed by atoms with Gasteiger partial charge in [-0.25, -0.2) is 13.2 Å². The summed E-state index contributed by atoms with van der Waals surface area (Å²) in [6, 6.07) is 0. The molecular weight excluding hydrogens is 280 g/mol. The average Bonchev–Trinajstić information content (AvgIpc) is 2.71. The molecule has 3 atom stereocenters. The summed E-state index contributed by atoms with van der Waals surface area (Å²) in [7, 11) is -3.04. The molecule has 1 aromatic heterocycles. The molecule has 2 fully saturated rings. The number of nitrogens with zero attached hydrogens (tertiary/aromatic N) is 2. The van der Waals surface area contributed by atoms with Gasteiger partial charge in [-0.2, -0.15) is 5.10 Å². The largest absolute Gasteiger partial charge is 0.476 e. The fraction of sp³-hybridized carbons (Fsp3) is 0.692. The van der Waals surface area contributed by atoms with E-state index in [-0.39, 0.29) is 17.2 Å². The minimum atomic E-state index is -3.04. The minimum absolute atomic E-state index is 0.0601. The Morgan fingerprint density at radius 2 is 2.25 bits per heavy atom. The van der Waals surface area contributed by atoms with Gasteiger partial charge in [0.1, 0.15) is 0 Å². The van der Waals surface area contributed by atoms with Gasteiger partial charge in [-0.1, -0.05) is 0 Å². The van der Waals surface area contributed by atoms with E-state index in [1.807, 2.05) is 6.92 Å². The van der Waals surface area contributed by atoms with Gasteiger partial charge in [-0.15, -0.1) is 0 Å². The van der Waals surface area contributed by atoms with Crippen molar-refractivity contribution in [2.24, 2.45) is 5.92 Å². The number of carbonyl (C=O) groups is 1. The smallest absolute Gasteiger partial charge is 0.356 e. The van der Waals surface area contributed by atoms with Crippen LogP contribution in [0.3, 0.4) is 0 Å². The second-order valence-electron chi connectivity index (χ2n) is 6.57. The predicted octanol–water partition coefficient (Wildman–Crippen LogP) is 0.775. The van der Waals surface area contributed by atoms with E-state index in [0.29, 0.717) is 18.3 Å². The zero-order valence-corrected chi connectivity index (χ0v) is 12.0. The second kappa shape index (κ2) is 3.44. The third kappa shape index (κ3) is 1.52. The Morgan fingerprint density at radius 1 is 1.50 bits per heavy atom. The molecule has 1 aromatic rings. The van der Waals surface area contributed by atoms with Gasteiger partial charge < -0.3 is 5.11 Å². The molecule has 0 radical (unpaired) electrons. The summed E-state index contributed by atoms with van der Waals surface area (Å²) in [5.41, 5.74) is 1.36. The van der Waals surface area contributed by atoms with Crippen LogP contribution in [-0.4, -0.2) is 40.8 Å². The summed E-state index contributed by atoms with van der Waals surface area (Å²) in [5.74, 6) is 0.157. The van der Waals surface area contributed by atoms with Crippen LogP contribution < -0.4 is 0 Å². The van der Waals surface area contributed by atoms with Crippen LogP contribution in [0.5, 0.6) is 0 Å². The van der Waals surface area contributed by atoms with Crippen molar-refractivity contribution in [2.45, 2.75) is 37.6 Å². The number of fused-ring (bicyclic) bond motifs is 3. The van der Waals surface area contributed by atoms with Crippen LogP contribution in [0.25, 0.3) is 0 Å². The Kier molecular flexibility index (Phi) is 2.13. The highest BCUT2D eigenvalue weighted by Gasteiger charge is 2.53. The molecular formula is C13H16N2O4S. The zero-order chi connectivity index (χ0) is 14.3. The summed E-state index contributed by atoms with van der Waals surface area (Å²) in [6.07, 6.45) is 2.38. The van der Waals surface area contributed by atoms with Gasteiger partial charge in [0.05, 0.1) is 17.0 Å². The maximum Gasteiger partial charge on any atom is 0.356 e. The van der Waals surface area contributed by atoms with Gasteiger partial charge in [0.15, 0.2) is 15.5 Å². The summed E-state index contributed by atoms with van der Waals surface area (Å²) in [5, 5.41) is 13.6. The Labute approximate surface area is 116 Å². The number of aromatic nitrogens is 2. The SMILES string of the molecule is C[C@]1(n2nc(C(=O)O)c3c2[C@@H]2C[C@@H]2C3)CCS(=O)(=O)C1. The first-order chi connectivity index (χ1) is 9.31. The van der Waals surface area contributed by atoms with Gasteiger partial charge in [0.2, 0.25) is 0 Å².